The smallest absolute Gasteiger partial charge is 0.323 e. The van der Waals surface area contributed by atoms with Crippen LogP contribution in [0.2, 0.25) is 0 Å². The molecule has 0 bridgehead atoms. The van der Waals surface area contributed by atoms with Gasteiger partial charge >= 0.3 is 5.97 Å². The Bertz CT molecular complexity index is 1220. The van der Waals surface area contributed by atoms with Gasteiger partial charge in [-0.05, 0) is 69.0 Å². The molecule has 0 unspecified atom stereocenters. The molecule has 1 aliphatic heterocycles. The molecule has 1 amide bonds. The first-order valence-electron chi connectivity index (χ1n) is 11.0. The minimum Gasteiger partial charge on any atom is -0.480 e. The minimum absolute atomic E-state index is 0.151. The molecule has 4 rings (SSSR count). The summed E-state index contributed by atoms with van der Waals surface area (Å²) in [5, 5.41) is 16.4. The summed E-state index contributed by atoms with van der Waals surface area (Å²) >= 11 is 3.05. The summed E-state index contributed by atoms with van der Waals surface area (Å²) in [6, 6.07) is 5.15. The van der Waals surface area contributed by atoms with Gasteiger partial charge in [-0.15, -0.1) is 22.7 Å². The Hall–Kier alpha value is -2.38. The monoisotopic (exact) mass is 522 g/mol. The molecule has 34 heavy (non-hydrogen) atoms. The topological polar surface area (TPSA) is 137 Å². The Morgan fingerprint density at radius 3 is 2.71 bits per heavy atom. The van der Waals surface area contributed by atoms with Gasteiger partial charge in [-0.2, -0.15) is 4.72 Å². The zero-order valence-corrected chi connectivity index (χ0v) is 20.8. The van der Waals surface area contributed by atoms with Crippen LogP contribution in [0, 0.1) is 5.92 Å². The van der Waals surface area contributed by atoms with E-state index in [1.54, 1.807) is 17.4 Å². The maximum Gasteiger partial charge on any atom is 0.323 e. The van der Waals surface area contributed by atoms with E-state index in [1.165, 1.54) is 53.8 Å². The number of amides is 1. The van der Waals surface area contributed by atoms with Crippen LogP contribution in [-0.2, 0) is 21.2 Å². The van der Waals surface area contributed by atoms with Gasteiger partial charge < -0.3 is 15.7 Å². The SMILES string of the molecule is O=C(NC[C@H](NS(=O)(=O)c1cccnc1)C(=O)O)c1cc2cc(CCC3CCNCC3)sc2s1. The Labute approximate surface area is 205 Å². The number of pyridine rings is 1. The van der Waals surface area contributed by atoms with Crippen molar-refractivity contribution in [1.29, 1.82) is 0 Å². The lowest BCUT2D eigenvalue weighted by Gasteiger charge is -2.22. The van der Waals surface area contributed by atoms with Crippen molar-refractivity contribution in [2.24, 2.45) is 5.92 Å². The van der Waals surface area contributed by atoms with Gasteiger partial charge in [0.15, 0.2) is 0 Å². The summed E-state index contributed by atoms with van der Waals surface area (Å²) in [7, 11) is -4.09. The molecular weight excluding hydrogens is 496 g/mol. The van der Waals surface area contributed by atoms with E-state index in [1.807, 2.05) is 0 Å². The fraction of sp³-hybridized carbons (Fsp3) is 0.409. The highest BCUT2D eigenvalue weighted by Crippen LogP contribution is 2.35. The van der Waals surface area contributed by atoms with Gasteiger partial charge in [0.25, 0.3) is 5.91 Å². The van der Waals surface area contributed by atoms with Crippen LogP contribution in [0.5, 0.6) is 0 Å². The fourth-order valence-corrected chi connectivity index (χ4v) is 7.44. The van der Waals surface area contributed by atoms with Crippen molar-refractivity contribution in [3.05, 3.63) is 46.4 Å². The van der Waals surface area contributed by atoms with Gasteiger partial charge in [-0.1, -0.05) is 0 Å². The number of nitrogens with one attached hydrogen (secondary N) is 3. The lowest BCUT2D eigenvalue weighted by Crippen LogP contribution is -2.48. The molecular formula is C22H26N4O5S3. The van der Waals surface area contributed by atoms with Crippen molar-refractivity contribution in [1.82, 2.24) is 20.3 Å². The number of hydrogen-bond donors (Lipinski definition) is 4. The van der Waals surface area contributed by atoms with Crippen LogP contribution in [0.4, 0.5) is 0 Å². The second-order valence-corrected chi connectivity index (χ2v) is 12.4. The molecule has 9 nitrogen and oxygen atoms in total. The highest BCUT2D eigenvalue weighted by Gasteiger charge is 2.26. The van der Waals surface area contributed by atoms with Crippen molar-refractivity contribution >= 4 is 54.0 Å². The van der Waals surface area contributed by atoms with Crippen LogP contribution in [0.1, 0.15) is 33.8 Å². The predicted octanol–water partition coefficient (Wildman–Crippen LogP) is 2.45. The van der Waals surface area contributed by atoms with Gasteiger partial charge in [0, 0.05) is 29.2 Å². The van der Waals surface area contributed by atoms with E-state index in [0.717, 1.165) is 41.0 Å². The summed E-state index contributed by atoms with van der Waals surface area (Å²) in [6.45, 7) is 1.80. The van der Waals surface area contributed by atoms with Crippen LogP contribution < -0.4 is 15.4 Å². The number of carbonyl (C=O) groups excluding carboxylic acids is 1. The quantitative estimate of drug-likeness (QED) is 0.321. The molecule has 0 radical (unpaired) electrons. The van der Waals surface area contributed by atoms with Gasteiger partial charge in [-0.25, -0.2) is 8.42 Å². The van der Waals surface area contributed by atoms with Crippen LogP contribution >= 0.6 is 22.7 Å². The van der Waals surface area contributed by atoms with Crippen molar-refractivity contribution in [3.8, 4) is 0 Å². The van der Waals surface area contributed by atoms with E-state index < -0.39 is 27.9 Å². The molecule has 1 fully saturated rings. The summed E-state index contributed by atoms with van der Waals surface area (Å²) in [6.07, 6.45) is 7.19. The van der Waals surface area contributed by atoms with Crippen LogP contribution in [0.15, 0.2) is 41.6 Å². The summed E-state index contributed by atoms with van der Waals surface area (Å²) in [5.41, 5.74) is 0. The number of aliphatic carboxylic acids is 1. The first-order valence-corrected chi connectivity index (χ1v) is 14.1. The summed E-state index contributed by atoms with van der Waals surface area (Å²) in [5.74, 6) is -1.06. The van der Waals surface area contributed by atoms with Gasteiger partial charge in [-0.3, -0.25) is 14.6 Å². The lowest BCUT2D eigenvalue weighted by molar-refractivity contribution is -0.138. The largest absolute Gasteiger partial charge is 0.480 e. The average Bonchev–Trinajstić information content (AvgIpc) is 3.40. The van der Waals surface area contributed by atoms with Crippen LogP contribution in [0.3, 0.4) is 0 Å². The van der Waals surface area contributed by atoms with Crippen molar-refractivity contribution < 1.29 is 23.1 Å². The molecule has 0 spiro atoms. The molecule has 3 aromatic rings. The van der Waals surface area contributed by atoms with Gasteiger partial charge in [0.05, 0.1) is 8.89 Å². The average molecular weight is 523 g/mol. The predicted molar refractivity (Wildman–Crippen MR) is 132 cm³/mol. The molecule has 0 aromatic carbocycles. The molecule has 12 heteroatoms. The standard InChI is InChI=1S/C22H26N4O5S3/c27-20(25-13-18(21(28)29)26-34(30,31)17-2-1-7-24-12-17)19-11-15-10-16(32-22(15)33-19)4-3-14-5-8-23-9-6-14/h1-2,7,10-12,14,18,23,26H,3-6,8-9,13H2,(H,25,27)(H,28,29)/t18-/m0/s1. The first kappa shape index (κ1) is 24.7. The number of carbonyl (C=O) groups is 2. The van der Waals surface area contributed by atoms with Crippen LogP contribution in [-0.4, -0.2) is 56.1 Å². The molecule has 0 aliphatic carbocycles. The number of carboxylic acids is 1. The van der Waals surface area contributed by atoms with Gasteiger partial charge in [0.2, 0.25) is 10.0 Å². The third kappa shape index (κ3) is 6.19. The Morgan fingerprint density at radius 2 is 2.03 bits per heavy atom. The molecule has 1 saturated heterocycles. The minimum atomic E-state index is -4.09. The van der Waals surface area contributed by atoms with Crippen molar-refractivity contribution in [2.75, 3.05) is 19.6 Å². The second-order valence-electron chi connectivity index (χ2n) is 8.21. The molecule has 182 valence electrons. The first-order chi connectivity index (χ1) is 16.3. The highest BCUT2D eigenvalue weighted by molar-refractivity contribution is 7.89. The van der Waals surface area contributed by atoms with Crippen molar-refractivity contribution in [2.45, 2.75) is 36.6 Å². The number of thiophene rings is 2. The van der Waals surface area contributed by atoms with E-state index in [9.17, 15) is 23.1 Å². The summed E-state index contributed by atoms with van der Waals surface area (Å²) < 4.78 is 28.0. The number of aromatic nitrogens is 1. The summed E-state index contributed by atoms with van der Waals surface area (Å²) in [4.78, 5) is 29.5. The van der Waals surface area contributed by atoms with Gasteiger partial charge in [0.1, 0.15) is 10.9 Å². The lowest BCUT2D eigenvalue weighted by atomic mass is 9.93. The Kier molecular flexibility index (Phi) is 7.94. The number of hydrogen-bond acceptors (Lipinski definition) is 8. The maximum absolute atomic E-state index is 12.6. The second kappa shape index (κ2) is 10.9. The molecule has 1 aliphatic rings. The number of piperidine rings is 1. The number of fused-ring (bicyclic) bond motifs is 1. The van der Waals surface area contributed by atoms with E-state index in [-0.39, 0.29) is 11.4 Å². The zero-order chi connectivity index (χ0) is 24.1. The number of carboxylic acid groups (broad SMARTS) is 1. The highest BCUT2D eigenvalue weighted by atomic mass is 32.2. The number of rotatable bonds is 10. The third-order valence-electron chi connectivity index (χ3n) is 5.75. The van der Waals surface area contributed by atoms with E-state index >= 15 is 0 Å². The fourth-order valence-electron chi connectivity index (χ4n) is 3.87. The molecule has 4 N–H and O–H groups in total. The normalized spacial score (nSPS) is 15.9. The Morgan fingerprint density at radius 1 is 1.24 bits per heavy atom. The molecule has 1 atom stereocenters. The number of nitrogens with zero attached hydrogens (tertiary/aromatic N) is 1. The van der Waals surface area contributed by atoms with Crippen LogP contribution in [0.25, 0.3) is 9.40 Å². The molecule has 3 aromatic heterocycles. The number of aryl methyl sites for hydroxylation is 1. The van der Waals surface area contributed by atoms with E-state index in [2.05, 4.69) is 26.4 Å². The van der Waals surface area contributed by atoms with Crippen molar-refractivity contribution in [3.63, 3.8) is 0 Å². The number of sulfonamides is 1. The van der Waals surface area contributed by atoms with E-state index in [0.29, 0.717) is 4.88 Å². The molecule has 4 heterocycles. The molecule has 0 saturated carbocycles. The maximum atomic E-state index is 12.6. The third-order valence-corrected chi connectivity index (χ3v) is 9.66. The zero-order valence-electron chi connectivity index (χ0n) is 18.3. The van der Waals surface area contributed by atoms with E-state index in [4.69, 9.17) is 0 Å². The Balaban J connectivity index is 1.34.